The minimum Gasteiger partial charge on any atom is -0.478 e. The number of anilines is 1. The first kappa shape index (κ1) is 14.4. The highest BCUT2D eigenvalue weighted by Gasteiger charge is 2.07. The zero-order valence-electron chi connectivity index (χ0n) is 10.8. The molecule has 0 aliphatic carbocycles. The molecule has 0 bridgehead atoms. The number of hydrogen-bond donors (Lipinski definition) is 3. The van der Waals surface area contributed by atoms with Gasteiger partial charge >= 0.3 is 12.0 Å². The summed E-state index contributed by atoms with van der Waals surface area (Å²) in [6.07, 6.45) is 1.34. The van der Waals surface area contributed by atoms with E-state index in [1.165, 1.54) is 36.5 Å². The summed E-state index contributed by atoms with van der Waals surface area (Å²) < 4.78 is 13.3. The van der Waals surface area contributed by atoms with E-state index in [1.54, 1.807) is 6.07 Å². The molecule has 7 heteroatoms. The van der Waals surface area contributed by atoms with Crippen molar-refractivity contribution >= 4 is 17.7 Å². The Morgan fingerprint density at radius 1 is 1.24 bits per heavy atom. The Labute approximate surface area is 119 Å². The first-order valence-corrected chi connectivity index (χ1v) is 6.04. The number of hydrogen-bond acceptors (Lipinski definition) is 3. The number of benzene rings is 1. The Morgan fingerprint density at radius 3 is 2.71 bits per heavy atom. The third-order valence-corrected chi connectivity index (χ3v) is 2.62. The first-order valence-electron chi connectivity index (χ1n) is 6.04. The van der Waals surface area contributed by atoms with Crippen molar-refractivity contribution in [3.8, 4) is 0 Å². The zero-order valence-corrected chi connectivity index (χ0v) is 10.8. The molecule has 0 saturated carbocycles. The molecule has 0 spiro atoms. The number of nitrogens with zero attached hydrogens (tertiary/aromatic N) is 1. The fraction of sp³-hybridized carbons (Fsp3) is 0.0714. The molecule has 108 valence electrons. The van der Waals surface area contributed by atoms with Gasteiger partial charge in [-0.15, -0.1) is 0 Å². The highest BCUT2D eigenvalue weighted by Crippen LogP contribution is 2.11. The predicted octanol–water partition coefficient (Wildman–Crippen LogP) is 2.24. The minimum atomic E-state index is -1.07. The van der Waals surface area contributed by atoms with Crippen LogP contribution in [0.4, 0.5) is 14.9 Å². The molecule has 0 aliphatic rings. The molecule has 0 radical (unpaired) electrons. The maximum Gasteiger partial charge on any atom is 0.335 e. The Kier molecular flexibility index (Phi) is 4.45. The molecule has 1 aromatic heterocycles. The molecule has 1 aromatic carbocycles. The molecular weight excluding hydrogens is 277 g/mol. The molecule has 2 amide bonds. The molecule has 3 N–H and O–H groups in total. The van der Waals surface area contributed by atoms with Crippen molar-refractivity contribution in [3.05, 3.63) is 59.7 Å². The summed E-state index contributed by atoms with van der Waals surface area (Å²) in [6.45, 7) is 0.0292. The first-order chi connectivity index (χ1) is 10.1. The maximum atomic E-state index is 13.3. The summed E-state index contributed by atoms with van der Waals surface area (Å²) in [4.78, 5) is 26.4. The van der Waals surface area contributed by atoms with Gasteiger partial charge in [0.2, 0.25) is 0 Å². The van der Waals surface area contributed by atoms with Gasteiger partial charge in [-0.05, 0) is 24.3 Å². The van der Waals surface area contributed by atoms with Gasteiger partial charge in [-0.25, -0.2) is 14.0 Å². The van der Waals surface area contributed by atoms with Crippen LogP contribution in [-0.4, -0.2) is 22.1 Å². The molecule has 0 atom stereocenters. The standard InChI is InChI=1S/C14H12FN3O3/c15-11-3-1-2-4-12(11)18-14(21)17-8-10-7-9(13(19)20)5-6-16-10/h1-7H,8H2,(H,19,20)(H2,17,18,21). The molecule has 6 nitrogen and oxygen atoms in total. The smallest absolute Gasteiger partial charge is 0.335 e. The molecule has 2 rings (SSSR count). The van der Waals surface area contributed by atoms with Crippen molar-refractivity contribution in [3.63, 3.8) is 0 Å². The Balaban J connectivity index is 1.94. The number of aromatic carboxylic acids is 1. The maximum absolute atomic E-state index is 13.3. The molecule has 0 saturated heterocycles. The van der Waals surface area contributed by atoms with Gasteiger partial charge in [0.1, 0.15) is 5.82 Å². The largest absolute Gasteiger partial charge is 0.478 e. The summed E-state index contributed by atoms with van der Waals surface area (Å²) in [5.74, 6) is -1.62. The van der Waals surface area contributed by atoms with Crippen molar-refractivity contribution in [2.24, 2.45) is 0 Å². The number of nitrogens with one attached hydrogen (secondary N) is 2. The number of carboxylic acids is 1. The summed E-state index contributed by atoms with van der Waals surface area (Å²) in [6, 6.07) is 7.86. The lowest BCUT2D eigenvalue weighted by Gasteiger charge is -2.08. The van der Waals surface area contributed by atoms with E-state index in [2.05, 4.69) is 15.6 Å². The number of para-hydroxylation sites is 1. The average Bonchev–Trinajstić information content (AvgIpc) is 2.48. The molecule has 21 heavy (non-hydrogen) atoms. The fourth-order valence-electron chi connectivity index (χ4n) is 1.61. The number of halogens is 1. The summed E-state index contributed by atoms with van der Waals surface area (Å²) in [5.41, 5.74) is 0.525. The van der Waals surface area contributed by atoms with Gasteiger partial charge in [0.25, 0.3) is 0 Å². The van der Waals surface area contributed by atoms with Crippen LogP contribution >= 0.6 is 0 Å². The monoisotopic (exact) mass is 289 g/mol. The van der Waals surface area contributed by atoms with Gasteiger partial charge in [-0.3, -0.25) is 4.98 Å². The van der Waals surface area contributed by atoms with E-state index in [1.807, 2.05) is 0 Å². The van der Waals surface area contributed by atoms with E-state index in [0.29, 0.717) is 5.69 Å². The summed E-state index contributed by atoms with van der Waals surface area (Å²) in [7, 11) is 0. The van der Waals surface area contributed by atoms with E-state index in [4.69, 9.17) is 5.11 Å². The van der Waals surface area contributed by atoms with Crippen molar-refractivity contribution in [2.75, 3.05) is 5.32 Å². The highest BCUT2D eigenvalue weighted by atomic mass is 19.1. The number of pyridine rings is 1. The van der Waals surface area contributed by atoms with Gasteiger partial charge < -0.3 is 15.7 Å². The topological polar surface area (TPSA) is 91.3 Å². The minimum absolute atomic E-state index is 0.0292. The van der Waals surface area contributed by atoms with E-state index in [-0.39, 0.29) is 17.8 Å². The number of carbonyl (C=O) groups excluding carboxylic acids is 1. The van der Waals surface area contributed by atoms with Crippen LogP contribution in [-0.2, 0) is 6.54 Å². The second-order valence-corrected chi connectivity index (χ2v) is 4.13. The number of carbonyl (C=O) groups is 2. The number of urea groups is 1. The van der Waals surface area contributed by atoms with E-state index in [0.717, 1.165) is 0 Å². The number of rotatable bonds is 4. The van der Waals surface area contributed by atoms with Crippen LogP contribution in [0.25, 0.3) is 0 Å². The Morgan fingerprint density at radius 2 is 2.00 bits per heavy atom. The molecule has 0 unspecified atom stereocenters. The van der Waals surface area contributed by atoms with Crippen molar-refractivity contribution < 1.29 is 19.1 Å². The van der Waals surface area contributed by atoms with Crippen LogP contribution in [0.2, 0.25) is 0 Å². The van der Waals surface area contributed by atoms with Gasteiger partial charge in [0.05, 0.1) is 23.5 Å². The van der Waals surface area contributed by atoms with Gasteiger partial charge in [-0.1, -0.05) is 12.1 Å². The highest BCUT2D eigenvalue weighted by molar-refractivity contribution is 5.89. The van der Waals surface area contributed by atoms with Crippen LogP contribution in [0.15, 0.2) is 42.6 Å². The Hall–Kier alpha value is -2.96. The number of aromatic nitrogens is 1. The van der Waals surface area contributed by atoms with Gasteiger partial charge in [0, 0.05) is 6.20 Å². The lowest BCUT2D eigenvalue weighted by atomic mass is 10.2. The normalized spacial score (nSPS) is 9.95. The quantitative estimate of drug-likeness (QED) is 0.805. The second-order valence-electron chi connectivity index (χ2n) is 4.13. The van der Waals surface area contributed by atoms with Crippen LogP contribution < -0.4 is 10.6 Å². The third kappa shape index (κ3) is 4.00. The van der Waals surface area contributed by atoms with E-state index < -0.39 is 17.8 Å². The molecule has 2 aromatic rings. The third-order valence-electron chi connectivity index (χ3n) is 2.62. The van der Waals surface area contributed by atoms with Crippen LogP contribution in [0.3, 0.4) is 0 Å². The van der Waals surface area contributed by atoms with Crippen LogP contribution in [0.5, 0.6) is 0 Å². The number of carboxylic acid groups (broad SMARTS) is 1. The fourth-order valence-corrected chi connectivity index (χ4v) is 1.61. The van der Waals surface area contributed by atoms with E-state index >= 15 is 0 Å². The molecule has 0 fully saturated rings. The molecule has 0 aliphatic heterocycles. The predicted molar refractivity (Wildman–Crippen MR) is 73.5 cm³/mol. The van der Waals surface area contributed by atoms with Gasteiger partial charge in [-0.2, -0.15) is 0 Å². The number of amides is 2. The lowest BCUT2D eigenvalue weighted by molar-refractivity contribution is 0.0696. The lowest BCUT2D eigenvalue weighted by Crippen LogP contribution is -2.29. The SMILES string of the molecule is O=C(NCc1cc(C(=O)O)ccn1)Nc1ccccc1F. The summed E-state index contributed by atoms with van der Waals surface area (Å²) in [5, 5.41) is 13.7. The van der Waals surface area contributed by atoms with Gasteiger partial charge in [0.15, 0.2) is 0 Å². The van der Waals surface area contributed by atoms with Crippen LogP contribution in [0.1, 0.15) is 16.1 Å². The Bertz CT molecular complexity index is 676. The van der Waals surface area contributed by atoms with Crippen molar-refractivity contribution in [2.45, 2.75) is 6.54 Å². The van der Waals surface area contributed by atoms with Crippen molar-refractivity contribution in [1.29, 1.82) is 0 Å². The van der Waals surface area contributed by atoms with Crippen molar-refractivity contribution in [1.82, 2.24) is 10.3 Å². The molecule has 1 heterocycles. The second kappa shape index (κ2) is 6.47. The molecular formula is C14H12FN3O3. The van der Waals surface area contributed by atoms with Crippen LogP contribution in [0, 0.1) is 5.82 Å². The zero-order chi connectivity index (χ0) is 15.2. The average molecular weight is 289 g/mol. The van der Waals surface area contributed by atoms with E-state index in [9.17, 15) is 14.0 Å². The summed E-state index contributed by atoms with van der Waals surface area (Å²) >= 11 is 0.